The molecule has 1 saturated carbocycles. The predicted molar refractivity (Wildman–Crippen MR) is 76.6 cm³/mol. The third-order valence-corrected chi connectivity index (χ3v) is 4.91. The van der Waals surface area contributed by atoms with Crippen LogP contribution in [0.3, 0.4) is 0 Å². The average Bonchev–Trinajstić information content (AvgIpc) is 2.74. The second-order valence-corrected chi connectivity index (χ2v) is 6.16. The zero-order valence-electron chi connectivity index (χ0n) is 11.3. The van der Waals surface area contributed by atoms with Gasteiger partial charge in [0.15, 0.2) is 0 Å². The minimum absolute atomic E-state index is 0.188. The third kappa shape index (κ3) is 3.87. The minimum atomic E-state index is -0.466. The number of hydrogen-bond acceptors (Lipinski definition) is 4. The zero-order chi connectivity index (χ0) is 13.4. The fourth-order valence-electron chi connectivity index (χ4n) is 2.92. The summed E-state index contributed by atoms with van der Waals surface area (Å²) < 4.78 is 0. The van der Waals surface area contributed by atoms with Gasteiger partial charge in [-0.05, 0) is 49.7 Å². The summed E-state index contributed by atoms with van der Waals surface area (Å²) in [5.74, 6) is 2.22. The first kappa shape index (κ1) is 15.8. The molecule has 1 amide bonds. The van der Waals surface area contributed by atoms with Crippen molar-refractivity contribution < 1.29 is 9.90 Å². The van der Waals surface area contributed by atoms with E-state index in [0.29, 0.717) is 5.92 Å². The van der Waals surface area contributed by atoms with Crippen molar-refractivity contribution in [1.29, 1.82) is 0 Å². The third-order valence-electron chi connectivity index (χ3n) is 3.81. The number of rotatable bonds is 9. The van der Waals surface area contributed by atoms with Gasteiger partial charge in [0, 0.05) is 6.61 Å². The molecule has 1 fully saturated rings. The summed E-state index contributed by atoms with van der Waals surface area (Å²) in [4.78, 5) is 11.8. The summed E-state index contributed by atoms with van der Waals surface area (Å²) in [6.45, 7) is 3.08. The van der Waals surface area contributed by atoms with Crippen molar-refractivity contribution in [3.05, 3.63) is 0 Å². The molecule has 0 aliphatic heterocycles. The van der Waals surface area contributed by atoms with E-state index in [1.807, 2.05) is 18.7 Å². The van der Waals surface area contributed by atoms with E-state index < -0.39 is 5.54 Å². The van der Waals surface area contributed by atoms with Gasteiger partial charge in [0.25, 0.3) is 0 Å². The van der Waals surface area contributed by atoms with Crippen molar-refractivity contribution in [1.82, 2.24) is 5.32 Å². The first-order chi connectivity index (χ1) is 8.67. The normalized spacial score (nSPS) is 27.6. The van der Waals surface area contributed by atoms with E-state index >= 15 is 0 Å². The maximum atomic E-state index is 11.8. The number of carbonyl (C=O) groups is 1. The van der Waals surface area contributed by atoms with Gasteiger partial charge in [-0.15, -0.1) is 0 Å². The fourth-order valence-corrected chi connectivity index (χ4v) is 3.91. The highest BCUT2D eigenvalue weighted by Gasteiger charge is 2.46. The van der Waals surface area contributed by atoms with Crippen LogP contribution in [0.1, 0.15) is 39.0 Å². The molecule has 0 aromatic carbocycles. The molecule has 2 unspecified atom stereocenters. The molecule has 0 aromatic rings. The second-order valence-electron chi connectivity index (χ2n) is 4.93. The summed E-state index contributed by atoms with van der Waals surface area (Å²) >= 11 is 1.86. The number of nitrogens with two attached hydrogens (primary N) is 1. The molecule has 4 N–H and O–H groups in total. The van der Waals surface area contributed by atoms with E-state index in [2.05, 4.69) is 5.32 Å². The van der Waals surface area contributed by atoms with Gasteiger partial charge < -0.3 is 16.2 Å². The van der Waals surface area contributed by atoms with E-state index in [4.69, 9.17) is 10.8 Å². The summed E-state index contributed by atoms with van der Waals surface area (Å²) in [7, 11) is 0. The van der Waals surface area contributed by atoms with Crippen molar-refractivity contribution >= 4 is 17.7 Å². The molecule has 5 heteroatoms. The molecular formula is C13H26N2O2S. The number of aliphatic hydroxyl groups is 1. The molecule has 2 atom stereocenters. The Kier molecular flexibility index (Phi) is 7.04. The minimum Gasteiger partial charge on any atom is -0.396 e. The Hall–Kier alpha value is -0.260. The number of amides is 1. The van der Waals surface area contributed by atoms with Crippen LogP contribution in [0.2, 0.25) is 0 Å². The van der Waals surface area contributed by atoms with Crippen molar-refractivity contribution in [2.75, 3.05) is 24.7 Å². The number of aliphatic hydroxyl groups excluding tert-OH is 1. The number of carbonyl (C=O) groups excluding carboxylic acids is 1. The highest BCUT2D eigenvalue weighted by atomic mass is 32.2. The monoisotopic (exact) mass is 274 g/mol. The molecule has 18 heavy (non-hydrogen) atoms. The SMILES string of the molecule is CCNC1(C(N)=O)CCCC1CCSCCCO. The maximum Gasteiger partial charge on any atom is 0.238 e. The lowest BCUT2D eigenvalue weighted by molar-refractivity contribution is -0.125. The van der Waals surface area contributed by atoms with Gasteiger partial charge in [0.05, 0.1) is 0 Å². The standard InChI is InChI=1S/C13H26N2O2S/c1-2-15-13(12(14)17)7-3-5-11(13)6-10-18-9-4-8-16/h11,15-16H,2-10H2,1H3,(H2,14,17). The Morgan fingerprint density at radius 1 is 1.56 bits per heavy atom. The van der Waals surface area contributed by atoms with E-state index in [0.717, 1.165) is 50.2 Å². The van der Waals surface area contributed by atoms with Crippen molar-refractivity contribution in [2.24, 2.45) is 11.7 Å². The van der Waals surface area contributed by atoms with Gasteiger partial charge in [-0.3, -0.25) is 4.79 Å². The van der Waals surface area contributed by atoms with Crippen LogP contribution in [0.15, 0.2) is 0 Å². The van der Waals surface area contributed by atoms with Gasteiger partial charge in [-0.2, -0.15) is 11.8 Å². The number of thioether (sulfide) groups is 1. The highest BCUT2D eigenvalue weighted by molar-refractivity contribution is 7.99. The van der Waals surface area contributed by atoms with Crippen LogP contribution >= 0.6 is 11.8 Å². The second kappa shape index (κ2) is 8.02. The smallest absolute Gasteiger partial charge is 0.238 e. The first-order valence-electron chi connectivity index (χ1n) is 6.91. The molecule has 0 spiro atoms. The Labute approximate surface area is 114 Å². The molecule has 1 aliphatic rings. The molecule has 106 valence electrons. The van der Waals surface area contributed by atoms with Gasteiger partial charge in [0.2, 0.25) is 5.91 Å². The number of likely N-dealkylation sites (N-methyl/N-ethyl adjacent to an activating group) is 1. The molecular weight excluding hydrogens is 248 g/mol. The Morgan fingerprint density at radius 2 is 2.33 bits per heavy atom. The van der Waals surface area contributed by atoms with Crippen LogP contribution in [-0.2, 0) is 4.79 Å². The Morgan fingerprint density at radius 3 is 2.94 bits per heavy atom. The topological polar surface area (TPSA) is 75.3 Å². The lowest BCUT2D eigenvalue weighted by Gasteiger charge is -2.33. The predicted octanol–water partition coefficient (Wildman–Crippen LogP) is 1.13. The van der Waals surface area contributed by atoms with Gasteiger partial charge in [-0.25, -0.2) is 0 Å². The van der Waals surface area contributed by atoms with Gasteiger partial charge in [-0.1, -0.05) is 13.3 Å². The van der Waals surface area contributed by atoms with Gasteiger partial charge >= 0.3 is 0 Å². The van der Waals surface area contributed by atoms with Crippen molar-refractivity contribution in [3.8, 4) is 0 Å². The quantitative estimate of drug-likeness (QED) is 0.551. The van der Waals surface area contributed by atoms with Crippen molar-refractivity contribution in [3.63, 3.8) is 0 Å². The molecule has 1 rings (SSSR count). The molecule has 1 aliphatic carbocycles. The molecule has 0 aromatic heterocycles. The molecule has 0 bridgehead atoms. The molecule has 0 saturated heterocycles. The van der Waals surface area contributed by atoms with E-state index in [9.17, 15) is 4.79 Å². The lowest BCUT2D eigenvalue weighted by Crippen LogP contribution is -2.57. The highest BCUT2D eigenvalue weighted by Crippen LogP contribution is 2.38. The summed E-state index contributed by atoms with van der Waals surface area (Å²) in [5, 5.41) is 12.1. The van der Waals surface area contributed by atoms with Crippen LogP contribution in [0.4, 0.5) is 0 Å². The summed E-state index contributed by atoms with van der Waals surface area (Å²) in [5.41, 5.74) is 5.15. The average molecular weight is 274 g/mol. The van der Waals surface area contributed by atoms with Crippen LogP contribution in [0, 0.1) is 5.92 Å². The summed E-state index contributed by atoms with van der Waals surface area (Å²) in [6.07, 6.45) is 4.94. The van der Waals surface area contributed by atoms with E-state index in [1.165, 1.54) is 0 Å². The lowest BCUT2D eigenvalue weighted by atomic mass is 9.84. The summed E-state index contributed by atoms with van der Waals surface area (Å²) in [6, 6.07) is 0. The molecule has 0 radical (unpaired) electrons. The van der Waals surface area contributed by atoms with Crippen molar-refractivity contribution in [2.45, 2.75) is 44.6 Å². The van der Waals surface area contributed by atoms with Crippen LogP contribution in [0.25, 0.3) is 0 Å². The van der Waals surface area contributed by atoms with E-state index in [1.54, 1.807) is 0 Å². The molecule has 0 heterocycles. The number of primary amides is 1. The van der Waals surface area contributed by atoms with Gasteiger partial charge in [0.1, 0.15) is 5.54 Å². The Bertz CT molecular complexity index is 263. The van der Waals surface area contributed by atoms with Crippen LogP contribution in [0.5, 0.6) is 0 Å². The fraction of sp³-hybridized carbons (Fsp3) is 0.923. The maximum absolute atomic E-state index is 11.8. The van der Waals surface area contributed by atoms with Crippen LogP contribution in [-0.4, -0.2) is 41.2 Å². The van der Waals surface area contributed by atoms with Crippen LogP contribution < -0.4 is 11.1 Å². The molecule has 4 nitrogen and oxygen atoms in total. The largest absolute Gasteiger partial charge is 0.396 e. The number of nitrogens with one attached hydrogen (secondary N) is 1. The Balaban J connectivity index is 2.44. The van der Waals surface area contributed by atoms with E-state index in [-0.39, 0.29) is 12.5 Å². The first-order valence-corrected chi connectivity index (χ1v) is 8.06. The zero-order valence-corrected chi connectivity index (χ0v) is 12.1. The number of hydrogen-bond donors (Lipinski definition) is 3.